The molecule has 0 fully saturated rings. The maximum absolute atomic E-state index is 10.8. The molecule has 0 aliphatic heterocycles. The Morgan fingerprint density at radius 2 is 2.20 bits per heavy atom. The molecule has 56 valence electrons. The third-order valence-electron chi connectivity index (χ3n) is 1.02. The Bertz CT molecular complexity index is 157. The fraction of sp³-hybridized carbons (Fsp3) is 0.571. The summed E-state index contributed by atoms with van der Waals surface area (Å²) >= 11 is 0. The lowest BCUT2D eigenvalue weighted by Crippen LogP contribution is -2.42. The summed E-state index contributed by atoms with van der Waals surface area (Å²) in [6.07, 6.45) is 5.01. The van der Waals surface area contributed by atoms with Crippen LogP contribution in [0.5, 0.6) is 0 Å². The Morgan fingerprint density at radius 1 is 1.70 bits per heavy atom. The second kappa shape index (κ2) is 3.91. The average Bonchev–Trinajstić information content (AvgIpc) is 1.87. The summed E-state index contributed by atoms with van der Waals surface area (Å²) in [6.45, 7) is 3.33. The van der Waals surface area contributed by atoms with Gasteiger partial charge in [0.15, 0.2) is 0 Å². The molecule has 1 unspecified atom stereocenters. The van der Waals surface area contributed by atoms with E-state index in [4.69, 9.17) is 12.2 Å². The highest BCUT2D eigenvalue weighted by molar-refractivity contribution is 5.81. The summed E-state index contributed by atoms with van der Waals surface area (Å²) in [5.41, 5.74) is 5.26. The summed E-state index contributed by atoms with van der Waals surface area (Å²) < 4.78 is 0. The van der Waals surface area contributed by atoms with Crippen LogP contribution < -0.4 is 11.1 Å². The van der Waals surface area contributed by atoms with Gasteiger partial charge in [0.1, 0.15) is 0 Å². The highest BCUT2D eigenvalue weighted by Crippen LogP contribution is 1.80. The molecule has 0 aliphatic carbocycles. The van der Waals surface area contributed by atoms with E-state index in [9.17, 15) is 4.79 Å². The zero-order chi connectivity index (χ0) is 8.15. The van der Waals surface area contributed by atoms with Gasteiger partial charge in [0, 0.05) is 0 Å². The third kappa shape index (κ3) is 3.10. The number of hydrogen-bond acceptors (Lipinski definition) is 2. The fourth-order valence-electron chi connectivity index (χ4n) is 0.387. The third-order valence-corrected chi connectivity index (χ3v) is 1.02. The van der Waals surface area contributed by atoms with Gasteiger partial charge in [-0.1, -0.05) is 5.92 Å². The predicted molar refractivity (Wildman–Crippen MR) is 40.1 cm³/mol. The van der Waals surface area contributed by atoms with Crippen LogP contribution in [0.4, 0.5) is 0 Å². The van der Waals surface area contributed by atoms with E-state index in [1.165, 1.54) is 0 Å². The Hall–Kier alpha value is -1.01. The summed E-state index contributed by atoms with van der Waals surface area (Å²) in [7, 11) is 0. The maximum Gasteiger partial charge on any atom is 0.237 e. The van der Waals surface area contributed by atoms with Crippen LogP contribution in [0.3, 0.4) is 0 Å². The van der Waals surface area contributed by atoms with Crippen LogP contribution in [0.1, 0.15) is 13.8 Å². The van der Waals surface area contributed by atoms with E-state index in [2.05, 4.69) is 11.2 Å². The van der Waals surface area contributed by atoms with Crippen LogP contribution in [0.25, 0.3) is 0 Å². The zero-order valence-electron chi connectivity index (χ0n) is 6.22. The van der Waals surface area contributed by atoms with Gasteiger partial charge >= 0.3 is 0 Å². The molecule has 3 heteroatoms. The molecule has 0 aromatic heterocycles. The number of rotatable bonds is 2. The van der Waals surface area contributed by atoms with Gasteiger partial charge in [-0.3, -0.25) is 4.79 Å². The van der Waals surface area contributed by atoms with Gasteiger partial charge in [0.2, 0.25) is 5.91 Å². The standard InChI is InChI=1S/C7H12N2O/c1-4-5(2)9-7(10)6(3)8/h1,5-6H,8H2,2-3H3,(H,9,10)/t5?,6-/m1/s1. The summed E-state index contributed by atoms with van der Waals surface area (Å²) in [5, 5.41) is 2.53. The largest absolute Gasteiger partial charge is 0.341 e. The minimum absolute atomic E-state index is 0.217. The van der Waals surface area contributed by atoms with Crippen LogP contribution in [0.2, 0.25) is 0 Å². The number of carbonyl (C=O) groups is 1. The van der Waals surface area contributed by atoms with Gasteiger partial charge < -0.3 is 11.1 Å². The number of hydrogen-bond donors (Lipinski definition) is 2. The van der Waals surface area contributed by atoms with Crippen molar-refractivity contribution in [3.63, 3.8) is 0 Å². The topological polar surface area (TPSA) is 55.1 Å². The van der Waals surface area contributed by atoms with Crippen LogP contribution in [-0.4, -0.2) is 18.0 Å². The quantitative estimate of drug-likeness (QED) is 0.507. The second-order valence-corrected chi connectivity index (χ2v) is 2.19. The zero-order valence-corrected chi connectivity index (χ0v) is 6.22. The molecule has 0 radical (unpaired) electrons. The SMILES string of the molecule is C#CC(C)NC(=O)[C@@H](C)N. The molecule has 0 spiro atoms. The summed E-state index contributed by atoms with van der Waals surface area (Å²) in [5.74, 6) is 2.15. The van der Waals surface area contributed by atoms with Crippen LogP contribution >= 0.6 is 0 Å². The monoisotopic (exact) mass is 140 g/mol. The molecule has 1 amide bonds. The Balaban J connectivity index is 3.71. The highest BCUT2D eigenvalue weighted by Gasteiger charge is 2.07. The molecule has 0 aromatic carbocycles. The molecule has 0 rings (SSSR count). The van der Waals surface area contributed by atoms with Gasteiger partial charge in [0.25, 0.3) is 0 Å². The van der Waals surface area contributed by atoms with E-state index in [0.717, 1.165) is 0 Å². The van der Waals surface area contributed by atoms with Gasteiger partial charge in [-0.25, -0.2) is 0 Å². The molecule has 0 bridgehead atoms. The number of carbonyl (C=O) groups excluding carboxylic acids is 1. The molecular weight excluding hydrogens is 128 g/mol. The summed E-state index contributed by atoms with van der Waals surface area (Å²) in [6, 6.07) is -0.728. The van der Waals surface area contributed by atoms with E-state index < -0.39 is 6.04 Å². The van der Waals surface area contributed by atoms with Crippen molar-refractivity contribution in [2.75, 3.05) is 0 Å². The minimum atomic E-state index is -0.490. The van der Waals surface area contributed by atoms with Gasteiger partial charge in [-0.05, 0) is 13.8 Å². The van der Waals surface area contributed by atoms with E-state index in [0.29, 0.717) is 0 Å². The number of nitrogens with one attached hydrogen (secondary N) is 1. The van der Waals surface area contributed by atoms with Gasteiger partial charge in [0.05, 0.1) is 12.1 Å². The van der Waals surface area contributed by atoms with E-state index >= 15 is 0 Å². The molecule has 2 atom stereocenters. The number of nitrogens with two attached hydrogens (primary N) is 1. The molecular formula is C7H12N2O. The smallest absolute Gasteiger partial charge is 0.237 e. The molecule has 0 aromatic rings. The lowest BCUT2D eigenvalue weighted by molar-refractivity contribution is -0.122. The van der Waals surface area contributed by atoms with E-state index in [-0.39, 0.29) is 11.9 Å². The number of amides is 1. The highest BCUT2D eigenvalue weighted by atomic mass is 16.2. The molecule has 3 nitrogen and oxygen atoms in total. The molecule has 0 heterocycles. The second-order valence-electron chi connectivity index (χ2n) is 2.19. The molecule has 3 N–H and O–H groups in total. The lowest BCUT2D eigenvalue weighted by Gasteiger charge is -2.09. The Labute approximate surface area is 61.0 Å². The molecule has 0 saturated heterocycles. The normalized spacial score (nSPS) is 15.0. The first-order chi connectivity index (χ1) is 4.57. The van der Waals surface area contributed by atoms with Crippen molar-refractivity contribution in [1.82, 2.24) is 5.32 Å². The first-order valence-corrected chi connectivity index (χ1v) is 3.10. The first kappa shape index (κ1) is 8.99. The van der Waals surface area contributed by atoms with Crippen molar-refractivity contribution < 1.29 is 4.79 Å². The van der Waals surface area contributed by atoms with E-state index in [1.54, 1.807) is 13.8 Å². The van der Waals surface area contributed by atoms with Crippen LogP contribution in [0, 0.1) is 12.3 Å². The van der Waals surface area contributed by atoms with Crippen molar-refractivity contribution in [3.05, 3.63) is 0 Å². The summed E-state index contributed by atoms with van der Waals surface area (Å²) in [4.78, 5) is 10.8. The van der Waals surface area contributed by atoms with Crippen molar-refractivity contribution in [1.29, 1.82) is 0 Å². The van der Waals surface area contributed by atoms with Crippen LogP contribution in [0.15, 0.2) is 0 Å². The van der Waals surface area contributed by atoms with Crippen molar-refractivity contribution in [2.45, 2.75) is 25.9 Å². The first-order valence-electron chi connectivity index (χ1n) is 3.10. The van der Waals surface area contributed by atoms with E-state index in [1.807, 2.05) is 0 Å². The minimum Gasteiger partial charge on any atom is -0.341 e. The predicted octanol–water partition coefficient (Wildman–Crippen LogP) is -0.528. The lowest BCUT2D eigenvalue weighted by atomic mass is 10.3. The number of terminal acetylenes is 1. The van der Waals surface area contributed by atoms with Gasteiger partial charge in [-0.2, -0.15) is 0 Å². The molecule has 0 saturated carbocycles. The maximum atomic E-state index is 10.8. The van der Waals surface area contributed by atoms with Gasteiger partial charge in [-0.15, -0.1) is 6.42 Å². The fourth-order valence-corrected chi connectivity index (χ4v) is 0.387. The van der Waals surface area contributed by atoms with Crippen LogP contribution in [-0.2, 0) is 4.79 Å². The Morgan fingerprint density at radius 3 is 2.50 bits per heavy atom. The van der Waals surface area contributed by atoms with Crippen molar-refractivity contribution in [2.24, 2.45) is 5.73 Å². The average molecular weight is 140 g/mol. The molecule has 0 aliphatic rings. The Kier molecular flexibility index (Phi) is 3.52. The van der Waals surface area contributed by atoms with Crippen molar-refractivity contribution >= 4 is 5.91 Å². The molecule has 10 heavy (non-hydrogen) atoms. The van der Waals surface area contributed by atoms with Crippen molar-refractivity contribution in [3.8, 4) is 12.3 Å².